The average Bonchev–Trinajstić information content (AvgIpc) is 2.72. The SMILES string of the molecule is Cc1ccccc1OCC(=O)NCCCN1CCN(c2ccc(Cl)cc2)CC1. The fourth-order valence-electron chi connectivity index (χ4n) is 3.32. The number of nitrogens with zero attached hydrogens (tertiary/aromatic N) is 2. The van der Waals surface area contributed by atoms with E-state index in [0.29, 0.717) is 6.54 Å². The molecule has 1 heterocycles. The predicted molar refractivity (Wildman–Crippen MR) is 114 cm³/mol. The lowest BCUT2D eigenvalue weighted by Crippen LogP contribution is -2.47. The molecular formula is C22H28ClN3O2. The van der Waals surface area contributed by atoms with E-state index in [9.17, 15) is 4.79 Å². The number of ether oxygens (including phenoxy) is 1. The second-order valence-corrected chi connectivity index (χ2v) is 7.50. The zero-order valence-electron chi connectivity index (χ0n) is 16.4. The molecule has 1 saturated heterocycles. The highest BCUT2D eigenvalue weighted by Crippen LogP contribution is 2.19. The Morgan fingerprint density at radius 3 is 2.50 bits per heavy atom. The molecule has 0 atom stereocenters. The van der Waals surface area contributed by atoms with Crippen molar-refractivity contribution in [3.8, 4) is 5.75 Å². The van der Waals surface area contributed by atoms with E-state index in [-0.39, 0.29) is 12.5 Å². The van der Waals surface area contributed by atoms with Crippen LogP contribution in [-0.4, -0.2) is 56.7 Å². The molecule has 0 radical (unpaired) electrons. The summed E-state index contributed by atoms with van der Waals surface area (Å²) >= 11 is 5.96. The Hall–Kier alpha value is -2.24. The molecule has 150 valence electrons. The molecule has 1 amide bonds. The van der Waals surface area contributed by atoms with Crippen molar-refractivity contribution < 1.29 is 9.53 Å². The number of aryl methyl sites for hydroxylation is 1. The first-order valence-electron chi connectivity index (χ1n) is 9.80. The van der Waals surface area contributed by atoms with Gasteiger partial charge in [0.1, 0.15) is 5.75 Å². The van der Waals surface area contributed by atoms with Gasteiger partial charge in [-0.1, -0.05) is 29.8 Å². The van der Waals surface area contributed by atoms with Crippen molar-refractivity contribution in [2.75, 3.05) is 50.8 Å². The van der Waals surface area contributed by atoms with Crippen LogP contribution < -0.4 is 15.0 Å². The van der Waals surface area contributed by atoms with Crippen LogP contribution in [0, 0.1) is 6.92 Å². The summed E-state index contributed by atoms with van der Waals surface area (Å²) < 4.78 is 5.57. The van der Waals surface area contributed by atoms with E-state index in [1.165, 1.54) is 5.69 Å². The first kappa shape index (κ1) is 20.5. The minimum atomic E-state index is -0.0733. The van der Waals surface area contributed by atoms with E-state index >= 15 is 0 Å². The number of nitrogens with one attached hydrogen (secondary N) is 1. The van der Waals surface area contributed by atoms with Gasteiger partial charge in [-0.05, 0) is 55.8 Å². The quantitative estimate of drug-likeness (QED) is 0.689. The molecule has 0 bridgehead atoms. The van der Waals surface area contributed by atoms with Crippen LogP contribution in [0.4, 0.5) is 5.69 Å². The molecular weight excluding hydrogens is 374 g/mol. The Morgan fingerprint density at radius 2 is 1.79 bits per heavy atom. The van der Waals surface area contributed by atoms with Crippen molar-refractivity contribution in [3.05, 3.63) is 59.1 Å². The Morgan fingerprint density at radius 1 is 1.07 bits per heavy atom. The first-order chi connectivity index (χ1) is 13.6. The van der Waals surface area contributed by atoms with Crippen LogP contribution in [0.1, 0.15) is 12.0 Å². The highest BCUT2D eigenvalue weighted by Gasteiger charge is 2.16. The highest BCUT2D eigenvalue weighted by molar-refractivity contribution is 6.30. The Balaban J connectivity index is 1.28. The van der Waals surface area contributed by atoms with Gasteiger partial charge in [0.05, 0.1) is 0 Å². The number of para-hydroxylation sites is 1. The Kier molecular flexibility index (Phi) is 7.57. The summed E-state index contributed by atoms with van der Waals surface area (Å²) in [7, 11) is 0. The molecule has 6 heteroatoms. The second-order valence-electron chi connectivity index (χ2n) is 7.06. The van der Waals surface area contributed by atoms with Gasteiger partial charge in [0.15, 0.2) is 6.61 Å². The summed E-state index contributed by atoms with van der Waals surface area (Å²) in [5.74, 6) is 0.687. The lowest BCUT2D eigenvalue weighted by Gasteiger charge is -2.36. The molecule has 0 aliphatic carbocycles. The van der Waals surface area contributed by atoms with Gasteiger partial charge in [-0.15, -0.1) is 0 Å². The van der Waals surface area contributed by atoms with E-state index in [1.807, 2.05) is 43.3 Å². The van der Waals surface area contributed by atoms with E-state index in [2.05, 4.69) is 27.2 Å². The molecule has 2 aromatic rings. The van der Waals surface area contributed by atoms with Gasteiger partial charge in [0.25, 0.3) is 5.91 Å². The van der Waals surface area contributed by atoms with Crippen LogP contribution in [0.15, 0.2) is 48.5 Å². The maximum absolute atomic E-state index is 11.9. The van der Waals surface area contributed by atoms with Gasteiger partial charge in [-0.2, -0.15) is 0 Å². The van der Waals surface area contributed by atoms with Crippen molar-refractivity contribution in [2.24, 2.45) is 0 Å². The van der Waals surface area contributed by atoms with E-state index in [4.69, 9.17) is 16.3 Å². The number of benzene rings is 2. The maximum atomic E-state index is 11.9. The highest BCUT2D eigenvalue weighted by atomic mass is 35.5. The number of hydrogen-bond acceptors (Lipinski definition) is 4. The van der Waals surface area contributed by atoms with Gasteiger partial charge < -0.3 is 15.0 Å². The summed E-state index contributed by atoms with van der Waals surface area (Å²) in [6.45, 7) is 7.79. The smallest absolute Gasteiger partial charge is 0.257 e. The van der Waals surface area contributed by atoms with Crippen molar-refractivity contribution in [2.45, 2.75) is 13.3 Å². The average molecular weight is 402 g/mol. The minimum Gasteiger partial charge on any atom is -0.484 e. The Bertz CT molecular complexity index is 759. The largest absolute Gasteiger partial charge is 0.484 e. The topological polar surface area (TPSA) is 44.8 Å². The number of carbonyl (C=O) groups excluding carboxylic acids is 1. The fourth-order valence-corrected chi connectivity index (χ4v) is 3.45. The van der Waals surface area contributed by atoms with Crippen LogP contribution >= 0.6 is 11.6 Å². The number of hydrogen-bond donors (Lipinski definition) is 1. The summed E-state index contributed by atoms with van der Waals surface area (Å²) in [4.78, 5) is 16.8. The van der Waals surface area contributed by atoms with Crippen LogP contribution in [0.25, 0.3) is 0 Å². The van der Waals surface area contributed by atoms with Crippen molar-refractivity contribution in [3.63, 3.8) is 0 Å². The molecule has 0 unspecified atom stereocenters. The molecule has 0 spiro atoms. The van der Waals surface area contributed by atoms with Crippen LogP contribution in [0.3, 0.4) is 0 Å². The summed E-state index contributed by atoms with van der Waals surface area (Å²) in [6.07, 6.45) is 0.942. The zero-order chi connectivity index (χ0) is 19.8. The first-order valence-corrected chi connectivity index (χ1v) is 10.2. The monoisotopic (exact) mass is 401 g/mol. The van der Waals surface area contributed by atoms with Crippen LogP contribution in [0.5, 0.6) is 5.75 Å². The summed E-state index contributed by atoms with van der Waals surface area (Å²) in [6, 6.07) is 15.7. The van der Waals surface area contributed by atoms with Crippen molar-refractivity contribution in [1.82, 2.24) is 10.2 Å². The van der Waals surface area contributed by atoms with E-state index < -0.39 is 0 Å². The number of amides is 1. The van der Waals surface area contributed by atoms with Gasteiger partial charge in [-0.3, -0.25) is 9.69 Å². The molecule has 1 fully saturated rings. The molecule has 1 aliphatic heterocycles. The molecule has 0 saturated carbocycles. The molecule has 1 aliphatic rings. The summed E-state index contributed by atoms with van der Waals surface area (Å²) in [5.41, 5.74) is 2.26. The van der Waals surface area contributed by atoms with Gasteiger partial charge >= 0.3 is 0 Å². The molecule has 5 nitrogen and oxygen atoms in total. The fraction of sp³-hybridized carbons (Fsp3) is 0.409. The van der Waals surface area contributed by atoms with E-state index in [0.717, 1.165) is 55.5 Å². The third kappa shape index (κ3) is 6.14. The minimum absolute atomic E-state index is 0.0601. The van der Waals surface area contributed by atoms with Crippen LogP contribution in [-0.2, 0) is 4.79 Å². The van der Waals surface area contributed by atoms with Crippen molar-refractivity contribution in [1.29, 1.82) is 0 Å². The molecule has 1 N–H and O–H groups in total. The molecule has 2 aromatic carbocycles. The lowest BCUT2D eigenvalue weighted by molar-refractivity contribution is -0.123. The normalized spacial score (nSPS) is 14.7. The van der Waals surface area contributed by atoms with Gasteiger partial charge in [-0.25, -0.2) is 0 Å². The van der Waals surface area contributed by atoms with Crippen molar-refractivity contribution >= 4 is 23.2 Å². The number of piperazine rings is 1. The predicted octanol–water partition coefficient (Wildman–Crippen LogP) is 3.36. The third-order valence-corrected chi connectivity index (χ3v) is 5.24. The van der Waals surface area contributed by atoms with Crippen LogP contribution in [0.2, 0.25) is 5.02 Å². The summed E-state index contributed by atoms with van der Waals surface area (Å²) in [5, 5.41) is 3.71. The number of anilines is 1. The molecule has 3 rings (SSSR count). The standard InChI is InChI=1S/C22H28ClN3O2/c1-18-5-2-3-6-21(18)28-17-22(27)24-11-4-12-25-13-15-26(16-14-25)20-9-7-19(23)8-10-20/h2-3,5-10H,4,11-17H2,1H3,(H,24,27). The Labute approximate surface area is 172 Å². The van der Waals surface area contributed by atoms with E-state index in [1.54, 1.807) is 0 Å². The zero-order valence-corrected chi connectivity index (χ0v) is 17.1. The van der Waals surface area contributed by atoms with Gasteiger partial charge in [0.2, 0.25) is 0 Å². The number of carbonyl (C=O) groups is 1. The molecule has 0 aromatic heterocycles. The third-order valence-electron chi connectivity index (χ3n) is 4.99. The second kappa shape index (κ2) is 10.3. The number of halogens is 1. The maximum Gasteiger partial charge on any atom is 0.257 e. The number of rotatable bonds is 8. The lowest BCUT2D eigenvalue weighted by atomic mass is 10.2. The molecule has 28 heavy (non-hydrogen) atoms. The van der Waals surface area contributed by atoms with Gasteiger partial charge in [0, 0.05) is 43.4 Å².